The van der Waals surface area contributed by atoms with Gasteiger partial charge < -0.3 is 10.2 Å². The molecular weight excluding hydrogens is 208 g/mol. The number of rotatable bonds is 6. The molecule has 0 unspecified atom stereocenters. The topological polar surface area (TPSA) is 15.3 Å². The Bertz CT molecular complexity index is 341. The zero-order valence-electron chi connectivity index (χ0n) is 11.9. The second kappa shape index (κ2) is 6.65. The third-order valence-corrected chi connectivity index (χ3v) is 3.04. The molecule has 96 valence electrons. The second-order valence-electron chi connectivity index (χ2n) is 4.84. The molecule has 0 saturated heterocycles. The van der Waals surface area contributed by atoms with Crippen molar-refractivity contribution >= 4 is 5.69 Å². The van der Waals surface area contributed by atoms with E-state index in [1.54, 1.807) is 0 Å². The smallest absolute Gasteiger partial charge is 0.0411 e. The summed E-state index contributed by atoms with van der Waals surface area (Å²) in [6, 6.07) is 7.27. The molecule has 1 aromatic rings. The Morgan fingerprint density at radius 1 is 1.18 bits per heavy atom. The van der Waals surface area contributed by atoms with E-state index in [2.05, 4.69) is 63.0 Å². The Labute approximate surface area is 106 Å². The lowest BCUT2D eigenvalue weighted by Gasteiger charge is -2.25. The molecule has 0 aromatic heterocycles. The van der Waals surface area contributed by atoms with Crippen molar-refractivity contribution in [3.8, 4) is 0 Å². The molecule has 2 nitrogen and oxygen atoms in total. The van der Waals surface area contributed by atoms with Crippen molar-refractivity contribution in [2.24, 2.45) is 0 Å². The van der Waals surface area contributed by atoms with E-state index in [-0.39, 0.29) is 0 Å². The van der Waals surface area contributed by atoms with E-state index in [4.69, 9.17) is 0 Å². The molecule has 0 radical (unpaired) electrons. The first kappa shape index (κ1) is 14.0. The number of benzene rings is 1. The van der Waals surface area contributed by atoms with Crippen LogP contribution in [0.4, 0.5) is 5.69 Å². The number of anilines is 1. The van der Waals surface area contributed by atoms with E-state index in [1.807, 2.05) is 0 Å². The highest BCUT2D eigenvalue weighted by Gasteiger charge is 2.08. The summed E-state index contributed by atoms with van der Waals surface area (Å²) in [6.07, 6.45) is 0. The summed E-state index contributed by atoms with van der Waals surface area (Å²) < 4.78 is 0. The van der Waals surface area contributed by atoms with Crippen molar-refractivity contribution < 1.29 is 0 Å². The lowest BCUT2D eigenvalue weighted by molar-refractivity contribution is 0.588. The van der Waals surface area contributed by atoms with E-state index >= 15 is 0 Å². The van der Waals surface area contributed by atoms with Crippen LogP contribution in [0.25, 0.3) is 0 Å². The molecule has 0 aliphatic carbocycles. The van der Waals surface area contributed by atoms with E-state index in [1.165, 1.54) is 16.8 Å². The summed E-state index contributed by atoms with van der Waals surface area (Å²) in [7, 11) is 0. The number of nitrogens with zero attached hydrogens (tertiary/aromatic N) is 1. The Balaban J connectivity index is 2.94. The van der Waals surface area contributed by atoms with Crippen molar-refractivity contribution in [3.63, 3.8) is 0 Å². The average molecular weight is 234 g/mol. The van der Waals surface area contributed by atoms with Crippen molar-refractivity contribution in [2.75, 3.05) is 18.0 Å². The molecule has 0 atom stereocenters. The lowest BCUT2D eigenvalue weighted by atomic mass is 10.1. The Morgan fingerprint density at radius 3 is 2.35 bits per heavy atom. The molecule has 0 saturated carbocycles. The van der Waals surface area contributed by atoms with Gasteiger partial charge in [-0.05, 0) is 32.4 Å². The van der Waals surface area contributed by atoms with Crippen LogP contribution in [0.2, 0.25) is 0 Å². The Morgan fingerprint density at radius 2 is 1.82 bits per heavy atom. The highest BCUT2D eigenvalue weighted by Crippen LogP contribution is 2.21. The first-order valence-corrected chi connectivity index (χ1v) is 6.66. The van der Waals surface area contributed by atoms with Crippen molar-refractivity contribution in [1.29, 1.82) is 0 Å². The maximum Gasteiger partial charge on any atom is 0.0411 e. The maximum atomic E-state index is 3.51. The summed E-state index contributed by atoms with van der Waals surface area (Å²) in [5.74, 6) is 0. The first-order valence-electron chi connectivity index (χ1n) is 6.66. The zero-order chi connectivity index (χ0) is 12.8. The third-order valence-electron chi connectivity index (χ3n) is 3.04. The number of nitrogens with one attached hydrogen (secondary N) is 1. The normalized spacial score (nSPS) is 10.9. The zero-order valence-corrected chi connectivity index (χ0v) is 11.9. The summed E-state index contributed by atoms with van der Waals surface area (Å²) in [5, 5.41) is 3.51. The number of aryl methyl sites for hydroxylation is 1. The lowest BCUT2D eigenvalue weighted by Crippen LogP contribution is -2.26. The highest BCUT2D eigenvalue weighted by atomic mass is 15.1. The van der Waals surface area contributed by atoms with Crippen molar-refractivity contribution in [2.45, 2.75) is 47.2 Å². The minimum atomic E-state index is 0.528. The molecular formula is C15H26N2. The van der Waals surface area contributed by atoms with E-state index < -0.39 is 0 Å². The van der Waals surface area contributed by atoms with Crippen LogP contribution >= 0.6 is 0 Å². The predicted octanol–water partition coefficient (Wildman–Crippen LogP) is 3.34. The van der Waals surface area contributed by atoms with Gasteiger partial charge in [-0.3, -0.25) is 0 Å². The largest absolute Gasteiger partial charge is 0.372 e. The van der Waals surface area contributed by atoms with Gasteiger partial charge in [0.2, 0.25) is 0 Å². The molecule has 0 aliphatic rings. The Kier molecular flexibility index (Phi) is 5.49. The molecule has 0 amide bonds. The van der Waals surface area contributed by atoms with Crippen LogP contribution in [0, 0.1) is 6.92 Å². The van der Waals surface area contributed by atoms with Crippen LogP contribution in [0.5, 0.6) is 0 Å². The highest BCUT2D eigenvalue weighted by molar-refractivity contribution is 5.54. The van der Waals surface area contributed by atoms with Gasteiger partial charge in [-0.15, -0.1) is 0 Å². The van der Waals surface area contributed by atoms with Gasteiger partial charge in [-0.2, -0.15) is 0 Å². The van der Waals surface area contributed by atoms with Gasteiger partial charge in [0.15, 0.2) is 0 Å². The number of hydrogen-bond acceptors (Lipinski definition) is 2. The van der Waals surface area contributed by atoms with Gasteiger partial charge >= 0.3 is 0 Å². The van der Waals surface area contributed by atoms with Crippen LogP contribution in [-0.2, 0) is 6.54 Å². The van der Waals surface area contributed by atoms with E-state index in [9.17, 15) is 0 Å². The molecule has 1 rings (SSSR count). The summed E-state index contributed by atoms with van der Waals surface area (Å²) in [4.78, 5) is 2.41. The molecule has 0 fully saturated rings. The van der Waals surface area contributed by atoms with Crippen molar-refractivity contribution in [1.82, 2.24) is 5.32 Å². The average Bonchev–Trinajstić information content (AvgIpc) is 2.30. The number of hydrogen-bond donors (Lipinski definition) is 1. The molecule has 2 heteroatoms. The minimum absolute atomic E-state index is 0.528. The molecule has 17 heavy (non-hydrogen) atoms. The second-order valence-corrected chi connectivity index (χ2v) is 4.84. The molecule has 0 spiro atoms. The standard InChI is InChI=1S/C15H26N2/c1-6-17(7-2)15-9-8-13(5)10-14(15)11-16-12(3)4/h8-10,12,16H,6-7,11H2,1-5H3. The fourth-order valence-corrected chi connectivity index (χ4v) is 2.04. The van der Waals surface area contributed by atoms with Gasteiger partial charge in [0.05, 0.1) is 0 Å². The molecule has 0 heterocycles. The monoisotopic (exact) mass is 234 g/mol. The summed E-state index contributed by atoms with van der Waals surface area (Å²) in [5.41, 5.74) is 4.11. The fourth-order valence-electron chi connectivity index (χ4n) is 2.04. The quantitative estimate of drug-likeness (QED) is 0.812. The fraction of sp³-hybridized carbons (Fsp3) is 0.600. The van der Waals surface area contributed by atoms with Crippen LogP contribution in [0.15, 0.2) is 18.2 Å². The third kappa shape index (κ3) is 4.04. The maximum absolute atomic E-state index is 3.51. The summed E-state index contributed by atoms with van der Waals surface area (Å²) in [6.45, 7) is 14.0. The van der Waals surface area contributed by atoms with Gasteiger partial charge in [-0.25, -0.2) is 0 Å². The molecule has 0 aliphatic heterocycles. The van der Waals surface area contributed by atoms with Gasteiger partial charge in [0.25, 0.3) is 0 Å². The molecule has 1 N–H and O–H groups in total. The van der Waals surface area contributed by atoms with Gasteiger partial charge in [0.1, 0.15) is 0 Å². The molecule has 0 bridgehead atoms. The van der Waals surface area contributed by atoms with Crippen LogP contribution in [0.3, 0.4) is 0 Å². The van der Waals surface area contributed by atoms with Crippen LogP contribution < -0.4 is 10.2 Å². The predicted molar refractivity (Wildman–Crippen MR) is 76.7 cm³/mol. The summed E-state index contributed by atoms with van der Waals surface area (Å²) >= 11 is 0. The molecule has 1 aromatic carbocycles. The van der Waals surface area contributed by atoms with Crippen LogP contribution in [-0.4, -0.2) is 19.1 Å². The first-order chi connectivity index (χ1) is 8.08. The van der Waals surface area contributed by atoms with Gasteiger partial charge in [0, 0.05) is 31.4 Å². The van der Waals surface area contributed by atoms with Crippen LogP contribution in [0.1, 0.15) is 38.8 Å². The van der Waals surface area contributed by atoms with Crippen molar-refractivity contribution in [3.05, 3.63) is 29.3 Å². The Hall–Kier alpha value is -1.02. The van der Waals surface area contributed by atoms with Gasteiger partial charge in [-0.1, -0.05) is 31.5 Å². The van der Waals surface area contributed by atoms with E-state index in [0.717, 1.165) is 19.6 Å². The van der Waals surface area contributed by atoms with E-state index in [0.29, 0.717) is 6.04 Å². The minimum Gasteiger partial charge on any atom is -0.372 e. The SMILES string of the molecule is CCN(CC)c1ccc(C)cc1CNC(C)C.